The minimum Gasteiger partial charge on any atom is -0.331 e. The molecule has 1 fully saturated rings. The van der Waals surface area contributed by atoms with Gasteiger partial charge in [-0.15, -0.1) is 0 Å². The second-order valence-corrected chi connectivity index (χ2v) is 4.15. The van der Waals surface area contributed by atoms with Crippen molar-refractivity contribution in [3.8, 4) is 6.07 Å². The van der Waals surface area contributed by atoms with Crippen molar-refractivity contribution in [3.63, 3.8) is 0 Å². The lowest BCUT2D eigenvalue weighted by Gasteiger charge is -2.39. The van der Waals surface area contributed by atoms with Gasteiger partial charge in [-0.25, -0.2) is 4.99 Å². The Hall–Kier alpha value is -0.920. The molecule has 0 aromatic rings. The van der Waals surface area contributed by atoms with Crippen LogP contribution in [0, 0.1) is 16.7 Å². The molecule has 0 saturated carbocycles. The Kier molecular flexibility index (Phi) is 2.53. The second kappa shape index (κ2) is 3.58. The molecule has 2 rings (SSSR count). The number of nitrogens with zero attached hydrogens (tertiary/aromatic N) is 2. The van der Waals surface area contributed by atoms with Gasteiger partial charge in [0.25, 0.3) is 5.91 Å². The highest BCUT2D eigenvalue weighted by Gasteiger charge is 2.60. The van der Waals surface area contributed by atoms with Crippen LogP contribution in [0.5, 0.6) is 0 Å². The molecule has 2 aliphatic heterocycles. The maximum Gasteiger partial charge on any atom is 0.288 e. The summed E-state index contributed by atoms with van der Waals surface area (Å²) in [5.74, 6) is -1.02. The molecule has 0 spiro atoms. The molecule has 1 saturated heterocycles. The molecule has 0 bridgehead atoms. The van der Waals surface area contributed by atoms with Gasteiger partial charge in [-0.2, -0.15) is 5.26 Å². The van der Waals surface area contributed by atoms with E-state index in [1.807, 2.05) is 13.8 Å². The van der Waals surface area contributed by atoms with Crippen molar-refractivity contribution in [3.05, 3.63) is 0 Å². The van der Waals surface area contributed by atoms with Gasteiger partial charge in [-0.05, 0) is 33.1 Å². The molecular weight excluding hydrogens is 192 g/mol. The highest BCUT2D eigenvalue weighted by Crippen LogP contribution is 2.50. The first-order valence-corrected chi connectivity index (χ1v) is 5.42. The van der Waals surface area contributed by atoms with Crippen LogP contribution >= 0.6 is 0 Å². The fraction of sp³-hybridized carbons (Fsp3) is 0.818. The molecule has 0 unspecified atom stereocenters. The number of aliphatic imine (C=N–C) groups is 1. The maximum absolute atomic E-state index is 9.35. The normalized spacial score (nSPS) is 39.4. The number of ether oxygens (including phenoxy) is 2. The Morgan fingerprint density at radius 3 is 3.07 bits per heavy atom. The van der Waals surface area contributed by atoms with Crippen LogP contribution in [0.2, 0.25) is 0 Å². The molecule has 82 valence electrons. The number of nitriles is 1. The lowest BCUT2D eigenvalue weighted by molar-refractivity contribution is -0.242. The number of hydrogen-bond acceptors (Lipinski definition) is 4. The molecule has 0 N–H and O–H groups in total. The van der Waals surface area contributed by atoms with Crippen LogP contribution in [-0.2, 0) is 9.47 Å². The van der Waals surface area contributed by atoms with Crippen LogP contribution in [0.1, 0.15) is 33.1 Å². The van der Waals surface area contributed by atoms with Crippen LogP contribution in [-0.4, -0.2) is 24.8 Å². The van der Waals surface area contributed by atoms with E-state index in [-0.39, 0.29) is 0 Å². The quantitative estimate of drug-likeness (QED) is 0.696. The topological polar surface area (TPSA) is 54.6 Å². The van der Waals surface area contributed by atoms with Crippen LogP contribution in [0.25, 0.3) is 0 Å². The third kappa shape index (κ3) is 1.38. The molecule has 0 radical (unpaired) electrons. The highest BCUT2D eigenvalue weighted by atomic mass is 16.7. The van der Waals surface area contributed by atoms with Crippen molar-refractivity contribution in [2.24, 2.45) is 10.4 Å². The summed E-state index contributed by atoms with van der Waals surface area (Å²) in [6.07, 6.45) is 2.38. The zero-order valence-electron chi connectivity index (χ0n) is 9.25. The van der Waals surface area contributed by atoms with Crippen LogP contribution in [0.15, 0.2) is 4.99 Å². The summed E-state index contributed by atoms with van der Waals surface area (Å²) in [4.78, 5) is 4.46. The highest BCUT2D eigenvalue weighted by molar-refractivity contribution is 5.83. The molecule has 0 aromatic carbocycles. The van der Waals surface area contributed by atoms with Crippen LogP contribution in [0.4, 0.5) is 0 Å². The zero-order chi connectivity index (χ0) is 10.9. The molecule has 2 aliphatic rings. The fourth-order valence-electron chi connectivity index (χ4n) is 2.37. The molecule has 0 aliphatic carbocycles. The van der Waals surface area contributed by atoms with Gasteiger partial charge >= 0.3 is 0 Å². The molecule has 15 heavy (non-hydrogen) atoms. The first kappa shape index (κ1) is 10.6. The summed E-state index contributed by atoms with van der Waals surface area (Å²) in [5, 5.41) is 9.35. The molecule has 4 heteroatoms. The summed E-state index contributed by atoms with van der Waals surface area (Å²) in [6.45, 7) is 4.94. The van der Waals surface area contributed by atoms with E-state index in [1.165, 1.54) is 0 Å². The van der Waals surface area contributed by atoms with Crippen molar-refractivity contribution in [2.45, 2.75) is 39.0 Å². The first-order valence-electron chi connectivity index (χ1n) is 5.42. The lowest BCUT2D eigenvalue weighted by atomic mass is 9.77. The minimum absolute atomic E-state index is 0.514. The number of fused-ring (bicyclic) bond motifs is 1. The maximum atomic E-state index is 9.35. The van der Waals surface area contributed by atoms with Gasteiger partial charge in [0.1, 0.15) is 5.41 Å². The average molecular weight is 208 g/mol. The van der Waals surface area contributed by atoms with Crippen molar-refractivity contribution in [2.75, 3.05) is 13.2 Å². The predicted octanol–water partition coefficient (Wildman–Crippen LogP) is 1.86. The van der Waals surface area contributed by atoms with Crippen molar-refractivity contribution in [1.82, 2.24) is 0 Å². The SMILES string of the molecule is CCO[C@@]12N=C(C)CC[C@@]1(C#N)CCO2. The molecular formula is C11H16N2O2. The van der Waals surface area contributed by atoms with E-state index < -0.39 is 11.3 Å². The van der Waals surface area contributed by atoms with E-state index >= 15 is 0 Å². The van der Waals surface area contributed by atoms with Crippen LogP contribution < -0.4 is 0 Å². The summed E-state index contributed by atoms with van der Waals surface area (Å²) >= 11 is 0. The third-order valence-electron chi connectivity index (χ3n) is 3.24. The molecule has 4 nitrogen and oxygen atoms in total. The monoisotopic (exact) mass is 208 g/mol. The van der Waals surface area contributed by atoms with Crippen LogP contribution in [0.3, 0.4) is 0 Å². The lowest BCUT2D eigenvalue weighted by Crippen LogP contribution is -2.48. The second-order valence-electron chi connectivity index (χ2n) is 4.15. The van der Waals surface area contributed by atoms with E-state index in [9.17, 15) is 5.26 Å². The minimum atomic E-state index is -1.02. The van der Waals surface area contributed by atoms with E-state index in [0.717, 1.165) is 25.0 Å². The standard InChI is InChI=1S/C11H16N2O2/c1-3-14-11-10(8-12,6-7-15-11)5-4-9(2)13-11/h3-7H2,1-2H3/t10-,11-/m0/s1. The van der Waals surface area contributed by atoms with Crippen molar-refractivity contribution >= 4 is 5.71 Å². The Bertz CT molecular complexity index is 334. The van der Waals surface area contributed by atoms with E-state index in [0.29, 0.717) is 13.2 Å². The molecule has 2 heterocycles. The summed E-state index contributed by atoms with van der Waals surface area (Å²) in [7, 11) is 0. The van der Waals surface area contributed by atoms with Gasteiger partial charge in [-0.3, -0.25) is 0 Å². The largest absolute Gasteiger partial charge is 0.331 e. The van der Waals surface area contributed by atoms with Gasteiger partial charge in [-0.1, -0.05) is 0 Å². The zero-order valence-corrected chi connectivity index (χ0v) is 9.25. The Morgan fingerprint density at radius 2 is 2.40 bits per heavy atom. The molecule has 0 aromatic heterocycles. The van der Waals surface area contributed by atoms with E-state index in [2.05, 4.69) is 11.1 Å². The molecule has 2 atom stereocenters. The Labute approximate surface area is 89.9 Å². The Balaban J connectivity index is 2.42. The van der Waals surface area contributed by atoms with E-state index in [4.69, 9.17) is 9.47 Å². The third-order valence-corrected chi connectivity index (χ3v) is 3.24. The Morgan fingerprint density at radius 1 is 1.60 bits per heavy atom. The summed E-state index contributed by atoms with van der Waals surface area (Å²) < 4.78 is 11.2. The fourth-order valence-corrected chi connectivity index (χ4v) is 2.37. The average Bonchev–Trinajstić information content (AvgIpc) is 2.57. The van der Waals surface area contributed by atoms with Crippen molar-refractivity contribution < 1.29 is 9.47 Å². The predicted molar refractivity (Wildman–Crippen MR) is 55.3 cm³/mol. The summed E-state index contributed by atoms with van der Waals surface area (Å²) in [6, 6.07) is 2.37. The van der Waals surface area contributed by atoms with E-state index in [1.54, 1.807) is 0 Å². The van der Waals surface area contributed by atoms with Gasteiger partial charge in [0.15, 0.2) is 0 Å². The van der Waals surface area contributed by atoms with Gasteiger partial charge < -0.3 is 9.47 Å². The first-order chi connectivity index (χ1) is 7.18. The summed E-state index contributed by atoms with van der Waals surface area (Å²) in [5.41, 5.74) is 0.443. The van der Waals surface area contributed by atoms with Crippen molar-refractivity contribution in [1.29, 1.82) is 5.26 Å². The number of hydrogen-bond donors (Lipinski definition) is 0. The van der Waals surface area contributed by atoms with Gasteiger partial charge in [0, 0.05) is 12.3 Å². The van der Waals surface area contributed by atoms with Gasteiger partial charge in [0.05, 0.1) is 12.7 Å². The molecule has 0 amide bonds. The smallest absolute Gasteiger partial charge is 0.288 e. The van der Waals surface area contributed by atoms with Gasteiger partial charge in [0.2, 0.25) is 0 Å². The number of rotatable bonds is 2.